The molecule has 10 heteroatoms. The first-order valence-corrected chi connectivity index (χ1v) is 12.3. The lowest BCUT2D eigenvalue weighted by Crippen LogP contribution is -2.34. The Morgan fingerprint density at radius 3 is 2.76 bits per heavy atom. The molecule has 0 atom stereocenters. The molecule has 6 rings (SSSR count). The summed E-state index contributed by atoms with van der Waals surface area (Å²) in [4.78, 5) is 9.10. The maximum Gasteiger partial charge on any atom is 0.292 e. The maximum absolute atomic E-state index is 8.38. The molecule has 0 saturated carbocycles. The monoisotopic (exact) mass is 496 g/mol. The number of ether oxygens (including phenoxy) is 1. The van der Waals surface area contributed by atoms with E-state index in [2.05, 4.69) is 16.4 Å². The van der Waals surface area contributed by atoms with E-state index in [4.69, 9.17) is 36.1 Å². The van der Waals surface area contributed by atoms with Crippen LogP contribution in [-0.4, -0.2) is 44.7 Å². The topological polar surface area (TPSA) is 154 Å². The standard InChI is InChI=1S/C27H28N8O2/c1-15(28)23-24(17-6-7-22-21(13-17)33-27(30)37-22)34-35(25(23)29)14-18-12-16-4-2-3-5-20(16)26(32-18)36-19-8-10-31-11-9-19/h2-7,12-13,19,28,31H,8-11,14,29H2,1H3,(H2,30,33). The van der Waals surface area contributed by atoms with Crippen LogP contribution in [0.5, 0.6) is 5.88 Å². The average molecular weight is 497 g/mol. The Bertz CT molecular complexity index is 1630. The lowest BCUT2D eigenvalue weighted by Gasteiger charge is -2.24. The second kappa shape index (κ2) is 9.21. The number of hydrogen-bond donors (Lipinski definition) is 4. The summed E-state index contributed by atoms with van der Waals surface area (Å²) in [6.45, 7) is 3.91. The highest BCUT2D eigenvalue weighted by Crippen LogP contribution is 2.32. The third-order valence-electron chi connectivity index (χ3n) is 6.68. The molecule has 188 valence electrons. The molecule has 0 radical (unpaired) electrons. The van der Waals surface area contributed by atoms with Crippen LogP contribution in [0.4, 0.5) is 11.8 Å². The molecule has 0 amide bonds. The minimum atomic E-state index is 0.102. The van der Waals surface area contributed by atoms with Gasteiger partial charge in [-0.3, -0.25) is 0 Å². The highest BCUT2D eigenvalue weighted by molar-refractivity contribution is 6.06. The maximum atomic E-state index is 8.38. The number of fused-ring (bicyclic) bond motifs is 2. The molecular weight excluding hydrogens is 468 g/mol. The van der Waals surface area contributed by atoms with Crippen LogP contribution in [0.15, 0.2) is 52.9 Å². The molecule has 0 aliphatic carbocycles. The van der Waals surface area contributed by atoms with Crippen LogP contribution in [0, 0.1) is 5.41 Å². The van der Waals surface area contributed by atoms with E-state index < -0.39 is 0 Å². The van der Waals surface area contributed by atoms with Gasteiger partial charge in [-0.2, -0.15) is 10.1 Å². The van der Waals surface area contributed by atoms with Gasteiger partial charge in [0.15, 0.2) is 5.58 Å². The molecule has 1 saturated heterocycles. The average Bonchev–Trinajstić information content (AvgIpc) is 3.42. The molecular formula is C27H28N8O2. The number of anilines is 2. The number of hydrogen-bond acceptors (Lipinski definition) is 9. The number of nitrogen functional groups attached to an aromatic ring is 2. The Balaban J connectivity index is 1.39. The second-order valence-corrected chi connectivity index (χ2v) is 9.33. The summed E-state index contributed by atoms with van der Waals surface area (Å²) in [6, 6.07) is 15.7. The van der Waals surface area contributed by atoms with Gasteiger partial charge in [-0.15, -0.1) is 0 Å². The first-order valence-electron chi connectivity index (χ1n) is 12.3. The van der Waals surface area contributed by atoms with Crippen molar-refractivity contribution in [3.05, 3.63) is 59.8 Å². The van der Waals surface area contributed by atoms with Crippen LogP contribution in [-0.2, 0) is 6.54 Å². The molecule has 1 aliphatic heterocycles. The van der Waals surface area contributed by atoms with Gasteiger partial charge in [-0.05, 0) is 68.6 Å². The predicted molar refractivity (Wildman–Crippen MR) is 144 cm³/mol. The van der Waals surface area contributed by atoms with E-state index in [1.807, 2.05) is 36.4 Å². The van der Waals surface area contributed by atoms with Crippen molar-refractivity contribution in [1.29, 1.82) is 5.41 Å². The van der Waals surface area contributed by atoms with E-state index in [0.29, 0.717) is 46.3 Å². The molecule has 3 aromatic heterocycles. The number of piperidine rings is 1. The van der Waals surface area contributed by atoms with Crippen molar-refractivity contribution in [2.24, 2.45) is 0 Å². The summed E-state index contributed by atoms with van der Waals surface area (Å²) in [5.74, 6) is 1.03. The van der Waals surface area contributed by atoms with Crippen LogP contribution in [0.3, 0.4) is 0 Å². The largest absolute Gasteiger partial charge is 0.474 e. The van der Waals surface area contributed by atoms with Gasteiger partial charge < -0.3 is 31.3 Å². The number of nitrogens with two attached hydrogens (primary N) is 2. The Hall–Kier alpha value is -4.44. The zero-order valence-corrected chi connectivity index (χ0v) is 20.5. The van der Waals surface area contributed by atoms with E-state index in [-0.39, 0.29) is 12.1 Å². The van der Waals surface area contributed by atoms with Crippen LogP contribution in [0.2, 0.25) is 0 Å². The van der Waals surface area contributed by atoms with Gasteiger partial charge in [-0.1, -0.05) is 18.2 Å². The molecule has 0 spiro atoms. The predicted octanol–water partition coefficient (Wildman–Crippen LogP) is 3.97. The third-order valence-corrected chi connectivity index (χ3v) is 6.68. The van der Waals surface area contributed by atoms with E-state index in [1.54, 1.807) is 17.7 Å². The summed E-state index contributed by atoms with van der Waals surface area (Å²) >= 11 is 0. The van der Waals surface area contributed by atoms with Crippen LogP contribution in [0.25, 0.3) is 33.1 Å². The van der Waals surface area contributed by atoms with Gasteiger partial charge in [-0.25, -0.2) is 9.67 Å². The molecule has 1 aliphatic rings. The van der Waals surface area contributed by atoms with Gasteiger partial charge in [0.25, 0.3) is 6.01 Å². The van der Waals surface area contributed by atoms with Gasteiger partial charge in [0.1, 0.15) is 23.1 Å². The molecule has 6 N–H and O–H groups in total. The first-order chi connectivity index (χ1) is 18.0. The summed E-state index contributed by atoms with van der Waals surface area (Å²) in [7, 11) is 0. The van der Waals surface area contributed by atoms with E-state index in [0.717, 1.165) is 48.0 Å². The van der Waals surface area contributed by atoms with Gasteiger partial charge in [0, 0.05) is 16.7 Å². The minimum absolute atomic E-state index is 0.102. The zero-order valence-electron chi connectivity index (χ0n) is 20.5. The smallest absolute Gasteiger partial charge is 0.292 e. The number of pyridine rings is 1. The van der Waals surface area contributed by atoms with Crippen LogP contribution in [0.1, 0.15) is 31.0 Å². The summed E-state index contributed by atoms with van der Waals surface area (Å²) in [6.07, 6.45) is 2.01. The number of rotatable bonds is 6. The fourth-order valence-electron chi connectivity index (χ4n) is 4.88. The molecule has 0 unspecified atom stereocenters. The van der Waals surface area contributed by atoms with Crippen molar-refractivity contribution in [2.45, 2.75) is 32.4 Å². The number of aromatic nitrogens is 4. The summed E-state index contributed by atoms with van der Waals surface area (Å²) < 4.78 is 13.5. The molecule has 4 heterocycles. The molecule has 37 heavy (non-hydrogen) atoms. The Morgan fingerprint density at radius 1 is 1.14 bits per heavy atom. The number of nitrogens with one attached hydrogen (secondary N) is 2. The van der Waals surface area contributed by atoms with Crippen LogP contribution < -0.4 is 21.5 Å². The Labute approximate surface area is 213 Å². The van der Waals surface area contributed by atoms with E-state index in [1.165, 1.54) is 0 Å². The molecule has 2 aromatic carbocycles. The highest BCUT2D eigenvalue weighted by Gasteiger charge is 2.22. The quantitative estimate of drug-likeness (QED) is 0.258. The number of benzene rings is 2. The molecule has 1 fully saturated rings. The van der Waals surface area contributed by atoms with Gasteiger partial charge in [0.05, 0.1) is 17.8 Å². The van der Waals surface area contributed by atoms with Crippen molar-refractivity contribution < 1.29 is 9.15 Å². The molecule has 0 bridgehead atoms. The van der Waals surface area contributed by atoms with Gasteiger partial charge >= 0.3 is 0 Å². The summed E-state index contributed by atoms with van der Waals surface area (Å²) in [5, 5.41) is 18.6. The number of oxazole rings is 1. The third kappa shape index (κ3) is 4.36. The lowest BCUT2D eigenvalue weighted by molar-refractivity contribution is 0.158. The van der Waals surface area contributed by atoms with Crippen LogP contribution >= 0.6 is 0 Å². The van der Waals surface area contributed by atoms with Crippen molar-refractivity contribution in [2.75, 3.05) is 24.6 Å². The Kier molecular flexibility index (Phi) is 5.72. The molecule has 10 nitrogen and oxygen atoms in total. The Morgan fingerprint density at radius 2 is 1.95 bits per heavy atom. The van der Waals surface area contributed by atoms with E-state index in [9.17, 15) is 0 Å². The molecule has 5 aromatic rings. The SMILES string of the molecule is CC(=N)c1c(-c2ccc3oc(N)nc3c2)nn(Cc2cc3ccccc3c(OC3CCNCC3)n2)c1N. The highest BCUT2D eigenvalue weighted by atomic mass is 16.5. The first kappa shape index (κ1) is 23.0. The van der Waals surface area contributed by atoms with Crippen molar-refractivity contribution >= 4 is 39.4 Å². The van der Waals surface area contributed by atoms with Crippen molar-refractivity contribution in [3.63, 3.8) is 0 Å². The second-order valence-electron chi connectivity index (χ2n) is 9.33. The zero-order chi connectivity index (χ0) is 25.5. The van der Waals surface area contributed by atoms with Crippen molar-refractivity contribution in [1.82, 2.24) is 25.1 Å². The number of nitrogens with zero attached hydrogens (tertiary/aromatic N) is 4. The van der Waals surface area contributed by atoms with Gasteiger partial charge in [0.2, 0.25) is 5.88 Å². The fourth-order valence-corrected chi connectivity index (χ4v) is 4.88. The normalized spacial score (nSPS) is 14.4. The minimum Gasteiger partial charge on any atom is -0.474 e. The van der Waals surface area contributed by atoms with E-state index >= 15 is 0 Å². The van der Waals surface area contributed by atoms with Crippen molar-refractivity contribution in [3.8, 4) is 17.1 Å². The lowest BCUT2D eigenvalue weighted by atomic mass is 10.0. The fraction of sp³-hybridized carbons (Fsp3) is 0.259. The summed E-state index contributed by atoms with van der Waals surface area (Å²) in [5.41, 5.74) is 16.5.